The third-order valence-corrected chi connectivity index (χ3v) is 9.03. The number of hydrogen-bond donors (Lipinski definition) is 3. The summed E-state index contributed by atoms with van der Waals surface area (Å²) in [5.41, 5.74) is 0.163. The number of fused-ring (bicyclic) bond motifs is 2. The number of aliphatic hydroxyl groups excluding tert-OH is 2. The summed E-state index contributed by atoms with van der Waals surface area (Å²) in [4.78, 5) is 13.8. The maximum atomic E-state index is 13.8. The molecule has 3 unspecified atom stereocenters. The molecule has 4 heterocycles. The standard InChI is InChI=1S/C30H42O8/c1-17-10-11-29(36-15-17)14-23-13-22(38-29)9-8-19(3)25(31)18(2)6-5-7-21-16-35-27-26(32)20(4)12-24(28(33)37-23)30(21,27)34/h5-8,12,17-18,22-27,31-32,34H,9-11,13-16H2,1-4H3/b6-5+,19-8+,21-7+/t17-,18-,22+,23?,24?,25-,26?,27+,29-,30+/m0/s1. The lowest BCUT2D eigenvalue weighted by Crippen LogP contribution is -2.58. The molecule has 1 spiro atoms. The average molecular weight is 531 g/mol. The topological polar surface area (TPSA) is 115 Å². The first kappa shape index (κ1) is 27.7. The predicted molar refractivity (Wildman–Crippen MR) is 140 cm³/mol. The minimum absolute atomic E-state index is 0.0812. The van der Waals surface area contributed by atoms with E-state index in [0.29, 0.717) is 49.4 Å². The Morgan fingerprint density at radius 1 is 1.08 bits per heavy atom. The van der Waals surface area contributed by atoms with Crippen molar-refractivity contribution in [3.05, 3.63) is 47.1 Å². The first-order valence-corrected chi connectivity index (χ1v) is 14.0. The Hall–Kier alpha value is -1.81. The van der Waals surface area contributed by atoms with Crippen LogP contribution >= 0.6 is 0 Å². The molecular formula is C30H42O8. The van der Waals surface area contributed by atoms with Gasteiger partial charge in [0.15, 0.2) is 5.79 Å². The van der Waals surface area contributed by atoms with E-state index in [1.807, 2.05) is 26.0 Å². The molecule has 2 bridgehead atoms. The normalized spacial score (nSPS) is 49.7. The van der Waals surface area contributed by atoms with Gasteiger partial charge in [0, 0.05) is 25.2 Å². The smallest absolute Gasteiger partial charge is 0.316 e. The van der Waals surface area contributed by atoms with Gasteiger partial charge in [-0.05, 0) is 49.3 Å². The third kappa shape index (κ3) is 5.07. The van der Waals surface area contributed by atoms with Crippen molar-refractivity contribution in [2.75, 3.05) is 13.2 Å². The number of carbonyl (C=O) groups excluding carboxylic acids is 1. The Labute approximate surface area is 225 Å². The van der Waals surface area contributed by atoms with Crippen molar-refractivity contribution >= 4 is 5.97 Å². The van der Waals surface area contributed by atoms with Gasteiger partial charge in [0.2, 0.25) is 0 Å². The first-order valence-electron chi connectivity index (χ1n) is 14.0. The predicted octanol–water partition coefficient (Wildman–Crippen LogP) is 3.12. The van der Waals surface area contributed by atoms with E-state index in [1.54, 1.807) is 25.2 Å². The van der Waals surface area contributed by atoms with E-state index in [2.05, 4.69) is 6.92 Å². The highest BCUT2D eigenvalue weighted by Gasteiger charge is 2.60. The molecule has 1 aliphatic carbocycles. The summed E-state index contributed by atoms with van der Waals surface area (Å²) in [5, 5.41) is 33.7. The number of ether oxygens (including phenoxy) is 4. The molecule has 5 aliphatic rings. The van der Waals surface area contributed by atoms with Gasteiger partial charge in [-0.25, -0.2) is 0 Å². The molecule has 10 atom stereocenters. The van der Waals surface area contributed by atoms with Crippen LogP contribution in [-0.4, -0.2) is 76.4 Å². The number of hydrogen-bond acceptors (Lipinski definition) is 8. The van der Waals surface area contributed by atoms with Crippen molar-refractivity contribution in [3.63, 3.8) is 0 Å². The lowest BCUT2D eigenvalue weighted by atomic mass is 9.71. The van der Waals surface area contributed by atoms with E-state index in [0.717, 1.165) is 12.0 Å². The monoisotopic (exact) mass is 530 g/mol. The highest BCUT2D eigenvalue weighted by molar-refractivity contribution is 5.78. The summed E-state index contributed by atoms with van der Waals surface area (Å²) in [5.74, 6) is -2.14. The molecule has 4 aliphatic heterocycles. The summed E-state index contributed by atoms with van der Waals surface area (Å²) in [6.45, 7) is 8.38. The molecule has 8 nitrogen and oxygen atoms in total. The molecule has 0 radical (unpaired) electrons. The van der Waals surface area contributed by atoms with Gasteiger partial charge in [-0.2, -0.15) is 0 Å². The Morgan fingerprint density at radius 2 is 1.87 bits per heavy atom. The second-order valence-electron chi connectivity index (χ2n) is 12.1. The number of rotatable bonds is 0. The largest absolute Gasteiger partial charge is 0.462 e. The van der Waals surface area contributed by atoms with Crippen LogP contribution in [0.2, 0.25) is 0 Å². The summed E-state index contributed by atoms with van der Waals surface area (Å²) in [6.07, 6.45) is 8.73. The molecule has 0 amide bonds. The van der Waals surface area contributed by atoms with Crippen LogP contribution in [-0.2, 0) is 23.7 Å². The van der Waals surface area contributed by atoms with Crippen LogP contribution < -0.4 is 0 Å². The van der Waals surface area contributed by atoms with E-state index in [-0.39, 0.29) is 18.6 Å². The maximum Gasteiger partial charge on any atom is 0.316 e. The van der Waals surface area contributed by atoms with Gasteiger partial charge in [-0.15, -0.1) is 0 Å². The molecule has 210 valence electrons. The number of allylic oxidation sites excluding steroid dienone is 2. The fraction of sp³-hybridized carbons (Fsp3) is 0.700. The molecule has 0 saturated carbocycles. The van der Waals surface area contributed by atoms with Crippen LogP contribution in [0.5, 0.6) is 0 Å². The highest BCUT2D eigenvalue weighted by atomic mass is 16.7. The Balaban J connectivity index is 1.53. The lowest BCUT2D eigenvalue weighted by molar-refractivity contribution is -0.315. The summed E-state index contributed by atoms with van der Waals surface area (Å²) in [6, 6.07) is 0. The maximum absolute atomic E-state index is 13.8. The second kappa shape index (κ2) is 10.6. The van der Waals surface area contributed by atoms with Crippen molar-refractivity contribution in [1.29, 1.82) is 0 Å². The van der Waals surface area contributed by atoms with Crippen molar-refractivity contribution in [2.45, 2.75) is 102 Å². The molecule has 8 heteroatoms. The van der Waals surface area contributed by atoms with Crippen LogP contribution in [0.4, 0.5) is 0 Å². The number of carbonyl (C=O) groups is 1. The van der Waals surface area contributed by atoms with Gasteiger partial charge in [0.05, 0.1) is 25.4 Å². The van der Waals surface area contributed by atoms with Gasteiger partial charge in [-0.1, -0.05) is 44.2 Å². The van der Waals surface area contributed by atoms with Crippen LogP contribution in [0.3, 0.4) is 0 Å². The molecule has 3 saturated heterocycles. The van der Waals surface area contributed by atoms with Crippen LogP contribution in [0.1, 0.15) is 59.8 Å². The fourth-order valence-corrected chi connectivity index (χ4v) is 6.54. The summed E-state index contributed by atoms with van der Waals surface area (Å²) in [7, 11) is 0. The van der Waals surface area contributed by atoms with Gasteiger partial charge >= 0.3 is 5.97 Å². The van der Waals surface area contributed by atoms with Crippen LogP contribution in [0, 0.1) is 17.8 Å². The van der Waals surface area contributed by atoms with E-state index in [4.69, 9.17) is 18.9 Å². The third-order valence-electron chi connectivity index (χ3n) is 9.03. The van der Waals surface area contributed by atoms with Crippen molar-refractivity contribution in [2.24, 2.45) is 17.8 Å². The minimum atomic E-state index is -1.74. The van der Waals surface area contributed by atoms with Crippen molar-refractivity contribution in [1.82, 2.24) is 0 Å². The van der Waals surface area contributed by atoms with Crippen LogP contribution in [0.15, 0.2) is 47.1 Å². The second-order valence-corrected chi connectivity index (χ2v) is 12.1. The molecule has 38 heavy (non-hydrogen) atoms. The SMILES string of the molecule is CC1=CC2C(=O)OC3C[C@@H](C/C=C(\C)[C@@H](O)[C@@H](C)/C=C/C=C4\CO[C@H](C1O)[C@@]42O)O[C@@]1(CC[C@H](C)CO1)C3. The van der Waals surface area contributed by atoms with Crippen LogP contribution in [0.25, 0.3) is 0 Å². The zero-order valence-electron chi connectivity index (χ0n) is 22.8. The minimum Gasteiger partial charge on any atom is -0.462 e. The zero-order chi connectivity index (χ0) is 27.2. The molecular weight excluding hydrogens is 488 g/mol. The molecule has 5 rings (SSSR count). The van der Waals surface area contributed by atoms with Gasteiger partial charge in [0.25, 0.3) is 0 Å². The van der Waals surface area contributed by atoms with Gasteiger partial charge < -0.3 is 34.3 Å². The van der Waals surface area contributed by atoms with E-state index in [9.17, 15) is 20.1 Å². The highest BCUT2D eigenvalue weighted by Crippen LogP contribution is 2.46. The zero-order valence-corrected chi connectivity index (χ0v) is 22.8. The Morgan fingerprint density at radius 3 is 2.61 bits per heavy atom. The molecule has 0 aromatic carbocycles. The van der Waals surface area contributed by atoms with Gasteiger partial charge in [-0.3, -0.25) is 4.79 Å². The summed E-state index contributed by atoms with van der Waals surface area (Å²) < 4.78 is 24.7. The van der Waals surface area contributed by atoms with Crippen molar-refractivity contribution in [3.8, 4) is 0 Å². The van der Waals surface area contributed by atoms with Crippen molar-refractivity contribution < 1.29 is 39.1 Å². The Kier molecular flexibility index (Phi) is 7.77. The fourth-order valence-electron chi connectivity index (χ4n) is 6.54. The lowest BCUT2D eigenvalue weighted by Gasteiger charge is -2.47. The van der Waals surface area contributed by atoms with E-state index < -0.39 is 47.7 Å². The Bertz CT molecular complexity index is 1030. The van der Waals surface area contributed by atoms with Gasteiger partial charge in [0.1, 0.15) is 29.8 Å². The first-order chi connectivity index (χ1) is 18.0. The molecule has 0 aromatic rings. The summed E-state index contributed by atoms with van der Waals surface area (Å²) >= 11 is 0. The van der Waals surface area contributed by atoms with E-state index >= 15 is 0 Å². The average Bonchev–Trinajstić information content (AvgIpc) is 3.22. The molecule has 3 fully saturated rings. The molecule has 0 aromatic heterocycles. The quantitative estimate of drug-likeness (QED) is 0.323. The number of esters is 1. The molecule has 3 N–H and O–H groups in total. The number of aliphatic hydroxyl groups is 3. The van der Waals surface area contributed by atoms with E-state index in [1.165, 1.54) is 0 Å².